The van der Waals surface area contributed by atoms with Gasteiger partial charge in [-0.05, 0) is 37.2 Å². The molecule has 1 aromatic rings. The van der Waals surface area contributed by atoms with Crippen LogP contribution in [0.3, 0.4) is 0 Å². The number of amides is 3. The van der Waals surface area contributed by atoms with E-state index in [1.165, 1.54) is 0 Å². The molecule has 0 fully saturated rings. The van der Waals surface area contributed by atoms with Crippen LogP contribution in [-0.4, -0.2) is 25.5 Å². The summed E-state index contributed by atoms with van der Waals surface area (Å²) in [6, 6.07) is 6.63. The third-order valence-electron chi connectivity index (χ3n) is 2.68. The maximum Gasteiger partial charge on any atom is 0.318 e. The van der Waals surface area contributed by atoms with E-state index in [0.29, 0.717) is 24.3 Å². The summed E-state index contributed by atoms with van der Waals surface area (Å²) in [5.74, 6) is -0.175. The maximum absolute atomic E-state index is 11.8. The molecule has 0 saturated carbocycles. The van der Waals surface area contributed by atoms with Gasteiger partial charge >= 0.3 is 6.03 Å². The zero-order valence-electron chi connectivity index (χ0n) is 11.2. The smallest absolute Gasteiger partial charge is 0.318 e. The molecule has 3 amide bonds. The van der Waals surface area contributed by atoms with Crippen molar-refractivity contribution in [2.45, 2.75) is 13.3 Å². The third-order valence-corrected chi connectivity index (χ3v) is 2.68. The number of rotatable bonds is 5. The summed E-state index contributed by atoms with van der Waals surface area (Å²) in [5, 5.41) is 7.89. The van der Waals surface area contributed by atoms with E-state index in [4.69, 9.17) is 5.73 Å². The predicted octanol–water partition coefficient (Wildman–Crippen LogP) is 1.36. The molecule has 0 heterocycles. The van der Waals surface area contributed by atoms with Crippen LogP contribution in [0.1, 0.15) is 13.3 Å². The highest BCUT2D eigenvalue weighted by Gasteiger charge is 2.11. The average molecular weight is 264 g/mol. The topological polar surface area (TPSA) is 96.2 Å². The van der Waals surface area contributed by atoms with Crippen molar-refractivity contribution in [3.05, 3.63) is 24.3 Å². The molecule has 0 aromatic heterocycles. The zero-order chi connectivity index (χ0) is 14.3. The van der Waals surface area contributed by atoms with Gasteiger partial charge in [-0.1, -0.05) is 6.92 Å². The van der Waals surface area contributed by atoms with Crippen molar-refractivity contribution in [3.63, 3.8) is 0 Å². The number of hydrogen-bond donors (Lipinski definition) is 4. The largest absolute Gasteiger partial charge is 0.341 e. The van der Waals surface area contributed by atoms with Crippen LogP contribution in [-0.2, 0) is 4.79 Å². The lowest BCUT2D eigenvalue weighted by atomic mass is 10.1. The molecular formula is C13H20N4O2. The lowest BCUT2D eigenvalue weighted by Gasteiger charge is -2.11. The van der Waals surface area contributed by atoms with Crippen LogP contribution in [0.4, 0.5) is 16.2 Å². The highest BCUT2D eigenvalue weighted by molar-refractivity contribution is 5.93. The van der Waals surface area contributed by atoms with E-state index in [0.717, 1.165) is 0 Å². The van der Waals surface area contributed by atoms with Gasteiger partial charge in [0.25, 0.3) is 0 Å². The molecular weight excluding hydrogens is 244 g/mol. The van der Waals surface area contributed by atoms with E-state index in [1.54, 1.807) is 31.3 Å². The fourth-order valence-electron chi connectivity index (χ4n) is 1.48. The molecule has 0 spiro atoms. The van der Waals surface area contributed by atoms with Crippen LogP contribution in [0.5, 0.6) is 0 Å². The lowest BCUT2D eigenvalue weighted by molar-refractivity contribution is -0.119. The highest BCUT2D eigenvalue weighted by atomic mass is 16.2. The molecule has 0 aliphatic rings. The van der Waals surface area contributed by atoms with Gasteiger partial charge in [0, 0.05) is 24.3 Å². The molecule has 1 rings (SSSR count). The Morgan fingerprint density at radius 2 is 1.68 bits per heavy atom. The van der Waals surface area contributed by atoms with Crippen LogP contribution < -0.4 is 21.7 Å². The number of anilines is 2. The molecule has 0 radical (unpaired) electrons. The minimum Gasteiger partial charge on any atom is -0.341 e. The molecule has 0 aliphatic heterocycles. The molecule has 0 saturated heterocycles. The Kier molecular flexibility index (Phi) is 5.81. The SMILES string of the molecule is CNC(=O)Nc1ccc(NC(=O)C(C)CCN)cc1. The van der Waals surface area contributed by atoms with Crippen LogP contribution in [0.15, 0.2) is 24.3 Å². The van der Waals surface area contributed by atoms with Crippen molar-refractivity contribution >= 4 is 23.3 Å². The average Bonchev–Trinajstić information content (AvgIpc) is 2.41. The van der Waals surface area contributed by atoms with Crippen LogP contribution in [0, 0.1) is 5.92 Å². The summed E-state index contributed by atoms with van der Waals surface area (Å²) in [4.78, 5) is 22.9. The van der Waals surface area contributed by atoms with E-state index in [9.17, 15) is 9.59 Å². The van der Waals surface area contributed by atoms with E-state index >= 15 is 0 Å². The van der Waals surface area contributed by atoms with Gasteiger partial charge in [0.2, 0.25) is 5.91 Å². The van der Waals surface area contributed by atoms with Gasteiger partial charge in [-0.3, -0.25) is 4.79 Å². The van der Waals surface area contributed by atoms with Crippen molar-refractivity contribution in [1.82, 2.24) is 5.32 Å². The van der Waals surface area contributed by atoms with Crippen molar-refractivity contribution < 1.29 is 9.59 Å². The zero-order valence-corrected chi connectivity index (χ0v) is 11.2. The Balaban J connectivity index is 2.57. The van der Waals surface area contributed by atoms with Gasteiger partial charge in [0.15, 0.2) is 0 Å². The predicted molar refractivity (Wildman–Crippen MR) is 76.0 cm³/mol. The molecule has 6 heteroatoms. The lowest BCUT2D eigenvalue weighted by Crippen LogP contribution is -2.24. The first-order chi connectivity index (χ1) is 9.06. The minimum atomic E-state index is -0.284. The number of hydrogen-bond acceptors (Lipinski definition) is 3. The molecule has 1 aromatic carbocycles. The molecule has 0 bridgehead atoms. The Bertz CT molecular complexity index is 431. The molecule has 5 N–H and O–H groups in total. The normalized spacial score (nSPS) is 11.5. The number of benzene rings is 1. The van der Waals surface area contributed by atoms with Crippen LogP contribution >= 0.6 is 0 Å². The summed E-state index contributed by atoms with van der Waals surface area (Å²) in [7, 11) is 1.54. The van der Waals surface area contributed by atoms with Crippen molar-refractivity contribution in [1.29, 1.82) is 0 Å². The standard InChI is InChI=1S/C13H20N4O2/c1-9(7-8-14)12(18)16-10-3-5-11(6-4-10)17-13(19)15-2/h3-6,9H,7-8,14H2,1-2H3,(H,16,18)(H2,15,17,19). The van der Waals surface area contributed by atoms with Gasteiger partial charge < -0.3 is 21.7 Å². The molecule has 104 valence electrons. The summed E-state index contributed by atoms with van der Waals surface area (Å²) in [6.07, 6.45) is 0.655. The first-order valence-corrected chi connectivity index (χ1v) is 6.16. The van der Waals surface area contributed by atoms with E-state index in [1.807, 2.05) is 6.92 Å². The Labute approximate surface area is 112 Å². The van der Waals surface area contributed by atoms with Gasteiger partial charge in [0.1, 0.15) is 0 Å². The fourth-order valence-corrected chi connectivity index (χ4v) is 1.48. The maximum atomic E-state index is 11.8. The summed E-state index contributed by atoms with van der Waals surface area (Å²) < 4.78 is 0. The monoisotopic (exact) mass is 264 g/mol. The number of urea groups is 1. The molecule has 1 atom stereocenters. The Morgan fingerprint density at radius 3 is 2.16 bits per heavy atom. The second kappa shape index (κ2) is 7.38. The van der Waals surface area contributed by atoms with Crippen LogP contribution in [0.2, 0.25) is 0 Å². The quantitative estimate of drug-likeness (QED) is 0.646. The van der Waals surface area contributed by atoms with Crippen LogP contribution in [0.25, 0.3) is 0 Å². The molecule has 6 nitrogen and oxygen atoms in total. The minimum absolute atomic E-state index is 0.0579. The van der Waals surface area contributed by atoms with Crippen molar-refractivity contribution in [2.75, 3.05) is 24.2 Å². The number of nitrogens with one attached hydrogen (secondary N) is 3. The van der Waals surface area contributed by atoms with Gasteiger partial charge in [-0.25, -0.2) is 4.79 Å². The second-order valence-corrected chi connectivity index (χ2v) is 4.25. The number of carbonyl (C=O) groups excluding carboxylic acids is 2. The van der Waals surface area contributed by atoms with Gasteiger partial charge in [-0.15, -0.1) is 0 Å². The van der Waals surface area contributed by atoms with Gasteiger partial charge in [0.05, 0.1) is 0 Å². The van der Waals surface area contributed by atoms with Crippen molar-refractivity contribution in [2.24, 2.45) is 11.7 Å². The summed E-state index contributed by atoms with van der Waals surface area (Å²) in [6.45, 7) is 2.33. The first-order valence-electron chi connectivity index (χ1n) is 6.16. The number of carbonyl (C=O) groups is 2. The molecule has 0 aliphatic carbocycles. The van der Waals surface area contributed by atoms with E-state index in [2.05, 4.69) is 16.0 Å². The Morgan fingerprint density at radius 1 is 1.16 bits per heavy atom. The second-order valence-electron chi connectivity index (χ2n) is 4.25. The van der Waals surface area contributed by atoms with Crippen molar-refractivity contribution in [3.8, 4) is 0 Å². The van der Waals surface area contributed by atoms with E-state index < -0.39 is 0 Å². The summed E-state index contributed by atoms with van der Waals surface area (Å²) in [5.41, 5.74) is 6.76. The highest BCUT2D eigenvalue weighted by Crippen LogP contribution is 2.14. The molecule has 1 unspecified atom stereocenters. The van der Waals surface area contributed by atoms with E-state index in [-0.39, 0.29) is 17.9 Å². The number of nitrogens with two attached hydrogens (primary N) is 1. The van der Waals surface area contributed by atoms with Gasteiger partial charge in [-0.2, -0.15) is 0 Å². The molecule has 19 heavy (non-hydrogen) atoms. The Hall–Kier alpha value is -2.08. The first kappa shape index (κ1) is 15.0. The fraction of sp³-hybridized carbons (Fsp3) is 0.385. The summed E-state index contributed by atoms with van der Waals surface area (Å²) >= 11 is 0. The third kappa shape index (κ3) is 4.97.